The zero-order valence-electron chi connectivity index (χ0n) is 18.3. The van der Waals surface area contributed by atoms with E-state index in [1.165, 1.54) is 64.2 Å². The Morgan fingerprint density at radius 2 is 1.52 bits per heavy atom. The van der Waals surface area contributed by atoms with Crippen molar-refractivity contribution in [2.45, 2.75) is 125 Å². The quantitative estimate of drug-likeness (QED) is 0.358. The van der Waals surface area contributed by atoms with Crippen molar-refractivity contribution in [3.8, 4) is 0 Å². The third kappa shape index (κ3) is 8.94. The molecule has 0 aliphatic heterocycles. The monoisotopic (exact) mass is 352 g/mol. The third-order valence-electron chi connectivity index (χ3n) is 7.01. The Bertz CT molecular complexity index is 335. The van der Waals surface area contributed by atoms with E-state index in [4.69, 9.17) is 0 Å². The Morgan fingerprint density at radius 1 is 0.920 bits per heavy atom. The lowest BCUT2D eigenvalue weighted by atomic mass is 9.61. The Labute approximate surface area is 159 Å². The number of aliphatic hydroxyl groups excluding tert-OH is 1. The van der Waals surface area contributed by atoms with Gasteiger partial charge in [-0.3, -0.25) is 0 Å². The van der Waals surface area contributed by atoms with Crippen LogP contribution in [-0.4, -0.2) is 11.2 Å². The maximum absolute atomic E-state index is 10.1. The van der Waals surface area contributed by atoms with Crippen molar-refractivity contribution >= 4 is 0 Å². The Hall–Kier alpha value is -0.0400. The molecule has 25 heavy (non-hydrogen) atoms. The molecule has 0 aromatic heterocycles. The van der Waals surface area contributed by atoms with Gasteiger partial charge in [0.25, 0.3) is 0 Å². The highest BCUT2D eigenvalue weighted by Gasteiger charge is 2.40. The molecule has 1 aliphatic rings. The van der Waals surface area contributed by atoms with Gasteiger partial charge in [-0.05, 0) is 48.3 Å². The molecule has 1 aliphatic carbocycles. The summed E-state index contributed by atoms with van der Waals surface area (Å²) in [6.07, 6.45) is 16.0. The molecule has 0 heterocycles. The summed E-state index contributed by atoms with van der Waals surface area (Å²) in [5, 5.41) is 10.1. The summed E-state index contributed by atoms with van der Waals surface area (Å²) in [6, 6.07) is 0. The average Bonchev–Trinajstić information content (AvgIpc) is 2.49. The molecule has 0 bridgehead atoms. The highest BCUT2D eigenvalue weighted by molar-refractivity contribution is 4.90. The smallest absolute Gasteiger partial charge is 0.0548 e. The van der Waals surface area contributed by atoms with E-state index in [1.54, 1.807) is 0 Å². The summed E-state index contributed by atoms with van der Waals surface area (Å²) in [5.41, 5.74) is 0.309. The van der Waals surface area contributed by atoms with Gasteiger partial charge < -0.3 is 5.11 Å². The molecule has 150 valence electrons. The molecule has 1 fully saturated rings. The van der Waals surface area contributed by atoms with Gasteiger partial charge in [0.1, 0.15) is 0 Å². The summed E-state index contributed by atoms with van der Waals surface area (Å²) in [6.45, 7) is 14.3. The van der Waals surface area contributed by atoms with Gasteiger partial charge in [0.05, 0.1) is 6.10 Å². The molecular weight excluding hydrogens is 304 g/mol. The van der Waals surface area contributed by atoms with Crippen LogP contribution in [-0.2, 0) is 0 Å². The molecule has 1 nitrogen and oxygen atoms in total. The zero-order valence-corrected chi connectivity index (χ0v) is 18.3. The minimum atomic E-state index is -0.0718. The van der Waals surface area contributed by atoms with E-state index in [-0.39, 0.29) is 6.10 Å². The van der Waals surface area contributed by atoms with Gasteiger partial charge in [-0.25, -0.2) is 0 Å². The summed E-state index contributed by atoms with van der Waals surface area (Å²) < 4.78 is 0. The number of rotatable bonds is 12. The first-order chi connectivity index (χ1) is 11.8. The predicted molar refractivity (Wildman–Crippen MR) is 112 cm³/mol. The Balaban J connectivity index is 2.18. The lowest BCUT2D eigenvalue weighted by Gasteiger charge is -2.45. The van der Waals surface area contributed by atoms with Crippen LogP contribution in [0.5, 0.6) is 0 Å². The summed E-state index contributed by atoms with van der Waals surface area (Å²) >= 11 is 0. The third-order valence-corrected chi connectivity index (χ3v) is 7.01. The first-order valence-corrected chi connectivity index (χ1v) is 11.4. The fraction of sp³-hybridized carbons (Fsp3) is 1.00. The van der Waals surface area contributed by atoms with Crippen molar-refractivity contribution in [3.05, 3.63) is 0 Å². The number of unbranched alkanes of at least 4 members (excludes halogenated alkanes) is 3. The second-order valence-corrected chi connectivity index (χ2v) is 10.2. The van der Waals surface area contributed by atoms with Crippen LogP contribution in [0, 0.1) is 29.1 Å². The molecule has 0 spiro atoms. The number of hydrogen-bond donors (Lipinski definition) is 1. The fourth-order valence-corrected chi connectivity index (χ4v) is 5.37. The van der Waals surface area contributed by atoms with Crippen LogP contribution in [0.25, 0.3) is 0 Å². The maximum Gasteiger partial charge on any atom is 0.0548 e. The first-order valence-electron chi connectivity index (χ1n) is 11.4. The predicted octanol–water partition coefficient (Wildman–Crippen LogP) is 7.61. The summed E-state index contributed by atoms with van der Waals surface area (Å²) in [5.74, 6) is 3.25. The SMILES string of the molecule is CCCCCCC(C)CCCC(C)CCC1[C@@H](C)CC(O)CC1(C)C. The van der Waals surface area contributed by atoms with Crippen LogP contribution >= 0.6 is 0 Å². The van der Waals surface area contributed by atoms with E-state index in [2.05, 4.69) is 41.5 Å². The normalized spacial score (nSPS) is 28.7. The maximum atomic E-state index is 10.1. The molecule has 0 radical (unpaired) electrons. The van der Waals surface area contributed by atoms with Crippen LogP contribution in [0.2, 0.25) is 0 Å². The van der Waals surface area contributed by atoms with Crippen molar-refractivity contribution in [2.24, 2.45) is 29.1 Å². The van der Waals surface area contributed by atoms with Crippen LogP contribution < -0.4 is 0 Å². The van der Waals surface area contributed by atoms with Gasteiger partial charge in [-0.15, -0.1) is 0 Å². The number of aliphatic hydroxyl groups is 1. The molecular formula is C24H48O. The zero-order chi connectivity index (χ0) is 18.9. The van der Waals surface area contributed by atoms with Crippen molar-refractivity contribution in [3.63, 3.8) is 0 Å². The second-order valence-electron chi connectivity index (χ2n) is 10.2. The molecule has 5 atom stereocenters. The Morgan fingerprint density at radius 3 is 2.12 bits per heavy atom. The van der Waals surface area contributed by atoms with E-state index in [9.17, 15) is 5.11 Å². The Kier molecular flexibility index (Phi) is 10.7. The lowest BCUT2D eigenvalue weighted by molar-refractivity contribution is -0.0174. The molecule has 4 unspecified atom stereocenters. The van der Waals surface area contributed by atoms with Crippen LogP contribution in [0.3, 0.4) is 0 Å². The van der Waals surface area contributed by atoms with Gasteiger partial charge in [0.15, 0.2) is 0 Å². The highest BCUT2D eigenvalue weighted by atomic mass is 16.3. The second kappa shape index (κ2) is 11.6. The summed E-state index contributed by atoms with van der Waals surface area (Å²) in [7, 11) is 0. The van der Waals surface area contributed by atoms with E-state index < -0.39 is 0 Å². The molecule has 1 heteroatoms. The van der Waals surface area contributed by atoms with Crippen molar-refractivity contribution in [1.82, 2.24) is 0 Å². The van der Waals surface area contributed by atoms with E-state index in [0.717, 1.165) is 30.6 Å². The molecule has 0 saturated heterocycles. The van der Waals surface area contributed by atoms with Gasteiger partial charge in [0.2, 0.25) is 0 Å². The highest BCUT2D eigenvalue weighted by Crippen LogP contribution is 2.46. The molecule has 1 saturated carbocycles. The molecule has 0 aromatic carbocycles. The van der Waals surface area contributed by atoms with Gasteiger partial charge in [-0.1, -0.05) is 99.3 Å². The summed E-state index contributed by atoms with van der Waals surface area (Å²) in [4.78, 5) is 0. The average molecular weight is 353 g/mol. The topological polar surface area (TPSA) is 20.2 Å². The molecule has 1 N–H and O–H groups in total. The largest absolute Gasteiger partial charge is 0.393 e. The van der Waals surface area contributed by atoms with E-state index in [1.807, 2.05) is 0 Å². The lowest BCUT2D eigenvalue weighted by Crippen LogP contribution is -2.40. The van der Waals surface area contributed by atoms with Crippen molar-refractivity contribution in [1.29, 1.82) is 0 Å². The fourth-order valence-electron chi connectivity index (χ4n) is 5.37. The minimum absolute atomic E-state index is 0.0718. The minimum Gasteiger partial charge on any atom is -0.393 e. The van der Waals surface area contributed by atoms with Crippen LogP contribution in [0.15, 0.2) is 0 Å². The molecule has 0 aromatic rings. The first kappa shape index (κ1) is 23.0. The van der Waals surface area contributed by atoms with Crippen LogP contribution in [0.1, 0.15) is 119 Å². The van der Waals surface area contributed by atoms with Crippen molar-refractivity contribution < 1.29 is 5.11 Å². The van der Waals surface area contributed by atoms with Gasteiger partial charge >= 0.3 is 0 Å². The van der Waals surface area contributed by atoms with Gasteiger partial charge in [-0.2, -0.15) is 0 Å². The van der Waals surface area contributed by atoms with E-state index >= 15 is 0 Å². The van der Waals surface area contributed by atoms with E-state index in [0.29, 0.717) is 11.3 Å². The molecule has 0 amide bonds. The molecule has 1 rings (SSSR count). The van der Waals surface area contributed by atoms with Crippen LogP contribution in [0.4, 0.5) is 0 Å². The van der Waals surface area contributed by atoms with Gasteiger partial charge in [0, 0.05) is 0 Å². The number of hydrogen-bond acceptors (Lipinski definition) is 1. The standard InChI is InChI=1S/C24H48O/c1-7-8-9-10-12-19(2)13-11-14-20(3)15-16-23-21(4)17-22(25)18-24(23,5)6/h19-23,25H,7-18H2,1-6H3/t19?,20?,21-,22?,23?/m0/s1. The van der Waals surface area contributed by atoms with Crippen molar-refractivity contribution in [2.75, 3.05) is 0 Å².